The summed E-state index contributed by atoms with van der Waals surface area (Å²) in [5.41, 5.74) is 0. The number of ether oxygens (including phenoxy) is 2. The van der Waals surface area contributed by atoms with E-state index in [0.29, 0.717) is 0 Å². The second-order valence-corrected chi connectivity index (χ2v) is 3.70. The Bertz CT molecular complexity index is 351. The highest BCUT2D eigenvalue weighted by Crippen LogP contribution is 2.12. The van der Waals surface area contributed by atoms with Gasteiger partial charge in [-0.25, -0.2) is 0 Å². The monoisotopic (exact) mass is 259 g/mol. The molecule has 102 valence electrons. The van der Waals surface area contributed by atoms with Gasteiger partial charge in [0.05, 0.1) is 26.7 Å². The molecule has 0 rings (SSSR count). The summed E-state index contributed by atoms with van der Waals surface area (Å²) < 4.78 is 8.94. The maximum atomic E-state index is 11.5. The second-order valence-electron chi connectivity index (χ2n) is 3.70. The molecule has 0 saturated heterocycles. The number of hydrogen-bond donors (Lipinski definition) is 1. The molecule has 2 atom stereocenters. The first kappa shape index (κ1) is 16.1. The number of amides is 1. The molecular weight excluding hydrogens is 242 g/mol. The lowest BCUT2D eigenvalue weighted by atomic mass is 9.93. The van der Waals surface area contributed by atoms with Gasteiger partial charge in [0.15, 0.2) is 0 Å². The van der Waals surface area contributed by atoms with Gasteiger partial charge in [-0.2, -0.15) is 0 Å². The van der Waals surface area contributed by atoms with E-state index in [0.717, 1.165) is 7.11 Å². The van der Waals surface area contributed by atoms with Crippen LogP contribution in [0.25, 0.3) is 0 Å². The number of rotatable bonds is 6. The lowest BCUT2D eigenvalue weighted by Crippen LogP contribution is -2.47. The summed E-state index contributed by atoms with van der Waals surface area (Å²) in [6, 6.07) is -0.972. The van der Waals surface area contributed by atoms with Crippen LogP contribution in [0.3, 0.4) is 0 Å². The van der Waals surface area contributed by atoms with Crippen LogP contribution in [0.4, 0.5) is 0 Å². The van der Waals surface area contributed by atoms with Crippen LogP contribution in [0.2, 0.25) is 0 Å². The number of esters is 2. The van der Waals surface area contributed by atoms with E-state index in [1.165, 1.54) is 21.0 Å². The summed E-state index contributed by atoms with van der Waals surface area (Å²) in [5.74, 6) is -3.62. The largest absolute Gasteiger partial charge is 0.469 e. The van der Waals surface area contributed by atoms with Crippen molar-refractivity contribution in [3.8, 4) is 0 Å². The summed E-state index contributed by atoms with van der Waals surface area (Å²) in [6.45, 7) is 2.41. The fourth-order valence-corrected chi connectivity index (χ4v) is 1.52. The van der Waals surface area contributed by atoms with Gasteiger partial charge in [-0.3, -0.25) is 19.2 Å². The Morgan fingerprint density at radius 2 is 1.61 bits per heavy atom. The first-order chi connectivity index (χ1) is 8.33. The second kappa shape index (κ2) is 7.41. The van der Waals surface area contributed by atoms with E-state index in [4.69, 9.17) is 0 Å². The highest BCUT2D eigenvalue weighted by atomic mass is 16.5. The van der Waals surface area contributed by atoms with Crippen molar-refractivity contribution >= 4 is 23.6 Å². The minimum atomic E-state index is -1.22. The highest BCUT2D eigenvalue weighted by molar-refractivity contribution is 5.99. The van der Waals surface area contributed by atoms with Gasteiger partial charge in [0, 0.05) is 6.92 Å². The van der Waals surface area contributed by atoms with Crippen molar-refractivity contribution in [2.75, 3.05) is 14.2 Å². The molecule has 0 saturated carbocycles. The van der Waals surface area contributed by atoms with E-state index in [-0.39, 0.29) is 6.42 Å². The lowest BCUT2D eigenvalue weighted by Gasteiger charge is -2.22. The van der Waals surface area contributed by atoms with Crippen LogP contribution in [0.1, 0.15) is 20.3 Å². The number of methoxy groups -OCH3 is 2. The van der Waals surface area contributed by atoms with E-state index in [1.807, 2.05) is 0 Å². The van der Waals surface area contributed by atoms with Crippen LogP contribution >= 0.6 is 0 Å². The summed E-state index contributed by atoms with van der Waals surface area (Å²) >= 11 is 0. The molecule has 0 aromatic heterocycles. The van der Waals surface area contributed by atoms with Crippen LogP contribution in [-0.2, 0) is 28.7 Å². The molecule has 0 heterocycles. The average molecular weight is 259 g/mol. The molecule has 7 nitrogen and oxygen atoms in total. The number of carbonyl (C=O) groups excluding carboxylic acids is 4. The maximum Gasteiger partial charge on any atom is 0.318 e. The van der Waals surface area contributed by atoms with Gasteiger partial charge >= 0.3 is 11.9 Å². The van der Waals surface area contributed by atoms with Gasteiger partial charge in [-0.05, 0) is 6.92 Å². The number of Topliss-reactive ketones (excluding diaryl/α,β-unsaturated/α-hetero) is 1. The molecule has 7 heteroatoms. The molecule has 1 unspecified atom stereocenters. The molecule has 0 aliphatic rings. The maximum absolute atomic E-state index is 11.5. The van der Waals surface area contributed by atoms with E-state index in [2.05, 4.69) is 14.8 Å². The molecule has 0 fully saturated rings. The van der Waals surface area contributed by atoms with Crippen LogP contribution in [0.15, 0.2) is 0 Å². The van der Waals surface area contributed by atoms with Gasteiger partial charge in [0.1, 0.15) is 11.7 Å². The van der Waals surface area contributed by atoms with Crippen molar-refractivity contribution in [2.45, 2.75) is 26.3 Å². The van der Waals surface area contributed by atoms with Crippen molar-refractivity contribution in [1.82, 2.24) is 5.32 Å². The zero-order valence-corrected chi connectivity index (χ0v) is 10.8. The van der Waals surface area contributed by atoms with Crippen molar-refractivity contribution in [3.63, 3.8) is 0 Å². The predicted octanol–water partition coefficient (Wildman–Crippen LogP) is -0.568. The Morgan fingerprint density at radius 1 is 1.06 bits per heavy atom. The van der Waals surface area contributed by atoms with E-state index >= 15 is 0 Å². The Hall–Kier alpha value is -1.92. The molecule has 0 aliphatic heterocycles. The fourth-order valence-electron chi connectivity index (χ4n) is 1.52. The molecule has 0 aromatic rings. The number of nitrogens with one attached hydrogen (secondary N) is 1. The van der Waals surface area contributed by atoms with E-state index in [9.17, 15) is 19.2 Å². The van der Waals surface area contributed by atoms with Gasteiger partial charge in [0.2, 0.25) is 5.91 Å². The zero-order chi connectivity index (χ0) is 14.3. The topological polar surface area (TPSA) is 98.8 Å². The molecule has 1 amide bonds. The minimum Gasteiger partial charge on any atom is -0.469 e. The van der Waals surface area contributed by atoms with E-state index in [1.54, 1.807) is 0 Å². The first-order valence-electron chi connectivity index (χ1n) is 5.25. The van der Waals surface area contributed by atoms with Crippen molar-refractivity contribution < 1.29 is 28.7 Å². The van der Waals surface area contributed by atoms with Crippen molar-refractivity contribution in [1.29, 1.82) is 0 Å². The molecule has 0 aliphatic carbocycles. The summed E-state index contributed by atoms with van der Waals surface area (Å²) in [5, 5.41) is 2.38. The quantitative estimate of drug-likeness (QED) is 0.506. The Kier molecular flexibility index (Phi) is 6.62. The van der Waals surface area contributed by atoms with Crippen LogP contribution < -0.4 is 5.32 Å². The molecule has 0 bridgehead atoms. The average Bonchev–Trinajstić information content (AvgIpc) is 2.27. The number of hydrogen-bond acceptors (Lipinski definition) is 6. The molecule has 0 radical (unpaired) electrons. The van der Waals surface area contributed by atoms with Gasteiger partial charge in [-0.15, -0.1) is 0 Å². The molecule has 0 aromatic carbocycles. The predicted molar refractivity (Wildman–Crippen MR) is 60.4 cm³/mol. The summed E-state index contributed by atoms with van der Waals surface area (Å²) in [7, 11) is 2.30. The Labute approximate surface area is 105 Å². The minimum absolute atomic E-state index is 0.282. The Morgan fingerprint density at radius 3 is 1.94 bits per heavy atom. The zero-order valence-electron chi connectivity index (χ0n) is 10.8. The van der Waals surface area contributed by atoms with Crippen LogP contribution in [0, 0.1) is 5.92 Å². The van der Waals surface area contributed by atoms with Gasteiger partial charge in [-0.1, -0.05) is 0 Å². The van der Waals surface area contributed by atoms with E-state index < -0.39 is 35.6 Å². The SMILES string of the molecule is COC(=O)C[C@H](NC(C)=O)C(C(C)=O)C(=O)OC. The third-order valence-electron chi connectivity index (χ3n) is 2.30. The fraction of sp³-hybridized carbons (Fsp3) is 0.636. The van der Waals surface area contributed by atoms with Crippen LogP contribution in [-0.4, -0.2) is 43.9 Å². The third-order valence-corrected chi connectivity index (χ3v) is 2.30. The summed E-state index contributed by atoms with van der Waals surface area (Å²) in [6.07, 6.45) is -0.282. The standard InChI is InChI=1S/C11H17NO6/c1-6(13)10(11(16)18-4)8(12-7(2)14)5-9(15)17-3/h8,10H,5H2,1-4H3,(H,12,14)/t8-,10?/m0/s1. The lowest BCUT2D eigenvalue weighted by molar-refractivity contribution is -0.151. The smallest absolute Gasteiger partial charge is 0.318 e. The van der Waals surface area contributed by atoms with Gasteiger partial charge < -0.3 is 14.8 Å². The molecule has 0 spiro atoms. The van der Waals surface area contributed by atoms with Crippen molar-refractivity contribution in [3.05, 3.63) is 0 Å². The highest BCUT2D eigenvalue weighted by Gasteiger charge is 2.35. The van der Waals surface area contributed by atoms with Gasteiger partial charge in [0.25, 0.3) is 0 Å². The molecular formula is C11H17NO6. The first-order valence-corrected chi connectivity index (χ1v) is 5.25. The van der Waals surface area contributed by atoms with Crippen molar-refractivity contribution in [2.24, 2.45) is 5.92 Å². The number of carbonyl (C=O) groups is 4. The molecule has 1 N–H and O–H groups in total. The molecule has 18 heavy (non-hydrogen) atoms. The third kappa shape index (κ3) is 4.94. The number of ketones is 1. The van der Waals surface area contributed by atoms with Crippen LogP contribution in [0.5, 0.6) is 0 Å². The Balaban J connectivity index is 5.09. The summed E-state index contributed by atoms with van der Waals surface area (Å²) in [4.78, 5) is 45.2. The normalized spacial score (nSPS) is 13.1.